The first kappa shape index (κ1) is 13.4. The summed E-state index contributed by atoms with van der Waals surface area (Å²) in [7, 11) is 0. The van der Waals surface area contributed by atoms with Crippen LogP contribution in [0.4, 0.5) is 0 Å². The second kappa shape index (κ2) is 6.81. The summed E-state index contributed by atoms with van der Waals surface area (Å²) in [6.45, 7) is 2.27. The van der Waals surface area contributed by atoms with E-state index in [4.69, 9.17) is 11.6 Å². The Morgan fingerprint density at radius 2 is 2.12 bits per heavy atom. The number of nitrogens with one attached hydrogen (secondary N) is 1. The molecule has 1 aromatic carbocycles. The summed E-state index contributed by atoms with van der Waals surface area (Å²) in [6, 6.07) is 7.07. The Hall–Kier alpha value is -1.68. The van der Waals surface area contributed by atoms with Gasteiger partial charge >= 0.3 is 0 Å². The molecule has 0 bridgehead atoms. The number of carbonyl (C=O) groups is 1. The van der Waals surface area contributed by atoms with Crippen LogP contribution in [0, 0.1) is 0 Å². The van der Waals surface area contributed by atoms with Crippen LogP contribution in [0.15, 0.2) is 36.3 Å². The van der Waals surface area contributed by atoms with Gasteiger partial charge in [0.2, 0.25) is 5.91 Å². The van der Waals surface area contributed by atoms with E-state index >= 15 is 0 Å². The van der Waals surface area contributed by atoms with Gasteiger partial charge in [-0.05, 0) is 24.3 Å². The van der Waals surface area contributed by atoms with E-state index in [9.17, 15) is 9.90 Å². The Morgan fingerprint density at radius 3 is 2.71 bits per heavy atom. The van der Waals surface area contributed by atoms with Gasteiger partial charge in [-0.3, -0.25) is 4.79 Å². The highest BCUT2D eigenvalue weighted by molar-refractivity contribution is 6.30. The molecule has 1 rings (SSSR count). The van der Waals surface area contributed by atoms with Crippen molar-refractivity contribution in [1.82, 2.24) is 5.32 Å². The predicted octanol–water partition coefficient (Wildman–Crippen LogP) is 1.19. The first-order valence-corrected chi connectivity index (χ1v) is 5.53. The number of hydrogen-bond acceptors (Lipinski definition) is 3. The van der Waals surface area contributed by atoms with Crippen molar-refractivity contribution in [3.63, 3.8) is 0 Å². The van der Waals surface area contributed by atoms with Crippen LogP contribution in [0.25, 0.3) is 0 Å². The molecule has 0 spiro atoms. The van der Waals surface area contributed by atoms with Gasteiger partial charge in [0, 0.05) is 17.6 Å². The Morgan fingerprint density at radius 1 is 1.47 bits per heavy atom. The van der Waals surface area contributed by atoms with E-state index in [1.54, 1.807) is 31.2 Å². The summed E-state index contributed by atoms with van der Waals surface area (Å²) in [5.41, 5.74) is 0.903. The van der Waals surface area contributed by atoms with Crippen LogP contribution in [0.2, 0.25) is 5.02 Å². The first-order chi connectivity index (χ1) is 8.11. The lowest BCUT2D eigenvalue weighted by atomic mass is 10.2. The fourth-order valence-corrected chi connectivity index (χ4v) is 1.26. The minimum Gasteiger partial charge on any atom is -0.613 e. The van der Waals surface area contributed by atoms with E-state index in [0.29, 0.717) is 11.6 Å². The molecule has 0 fully saturated rings. The van der Waals surface area contributed by atoms with Crippen LogP contribution in [0.3, 0.4) is 0 Å². The molecule has 5 heteroatoms. The molecular weight excluding hydrogens is 242 g/mol. The molecule has 0 aliphatic rings. The average Bonchev–Trinajstić information content (AvgIpc) is 2.28. The van der Waals surface area contributed by atoms with E-state index < -0.39 is 11.9 Å². The molecule has 0 saturated heterocycles. The van der Waals surface area contributed by atoms with E-state index in [0.717, 1.165) is 11.6 Å². The second-order valence-corrected chi connectivity index (χ2v) is 3.68. The third kappa shape index (κ3) is 5.26. The minimum atomic E-state index is -0.638. The fraction of sp³-hybridized carbons (Fsp3) is 0.250. The number of benzene rings is 1. The van der Waals surface area contributed by atoms with Gasteiger partial charge in [0.1, 0.15) is 0 Å². The number of amides is 1. The molecule has 17 heavy (non-hydrogen) atoms. The Bertz CT molecular complexity index is 401. The molecule has 0 aliphatic carbocycles. The average molecular weight is 255 g/mol. The maximum atomic E-state index is 11.3. The molecule has 0 saturated carbocycles. The predicted molar refractivity (Wildman–Crippen MR) is 63.0 cm³/mol. The van der Waals surface area contributed by atoms with E-state index in [1.165, 1.54) is 0 Å². The molecule has 0 aliphatic heterocycles. The number of ether oxygens (including phenoxy) is 1. The van der Waals surface area contributed by atoms with Crippen molar-refractivity contribution in [2.24, 2.45) is 0 Å². The lowest BCUT2D eigenvalue weighted by molar-refractivity contribution is -0.356. The lowest BCUT2D eigenvalue weighted by Gasteiger charge is -2.11. The smallest absolute Gasteiger partial charge is 0.246 e. The highest BCUT2D eigenvalue weighted by atomic mass is 35.5. The molecule has 0 heterocycles. The van der Waals surface area contributed by atoms with Gasteiger partial charge < -0.3 is 15.2 Å². The van der Waals surface area contributed by atoms with Gasteiger partial charge in [0.15, 0.2) is 0 Å². The summed E-state index contributed by atoms with van der Waals surface area (Å²) >= 11 is 5.72. The van der Waals surface area contributed by atoms with Crippen molar-refractivity contribution in [2.75, 3.05) is 6.61 Å². The van der Waals surface area contributed by atoms with Gasteiger partial charge in [-0.25, -0.2) is 0 Å². The van der Waals surface area contributed by atoms with Crippen LogP contribution in [-0.4, -0.2) is 12.5 Å². The quantitative estimate of drug-likeness (QED) is 0.634. The maximum Gasteiger partial charge on any atom is 0.246 e. The standard InChI is InChI=1S/C12H14ClNO3/c1-2-17-12(16)7-11(15)14-8-9-3-5-10(13)6-4-9/h3-7,16H,2,8H2,1H3,(H,14,15)/p-1/b12-7+. The summed E-state index contributed by atoms with van der Waals surface area (Å²) in [5, 5.41) is 14.2. The molecular formula is C12H13ClNO3-. The summed E-state index contributed by atoms with van der Waals surface area (Å²) in [5.74, 6) is -1.11. The monoisotopic (exact) mass is 254 g/mol. The first-order valence-electron chi connectivity index (χ1n) is 5.15. The Balaban J connectivity index is 2.43. The fourth-order valence-electron chi connectivity index (χ4n) is 1.13. The number of halogens is 1. The Kier molecular flexibility index (Phi) is 5.36. The van der Waals surface area contributed by atoms with Crippen molar-refractivity contribution in [1.29, 1.82) is 0 Å². The Labute approximate surface area is 105 Å². The molecule has 1 aromatic rings. The zero-order valence-electron chi connectivity index (χ0n) is 9.40. The zero-order valence-corrected chi connectivity index (χ0v) is 10.2. The van der Waals surface area contributed by atoms with E-state index in [-0.39, 0.29) is 6.61 Å². The number of rotatable bonds is 5. The van der Waals surface area contributed by atoms with Crippen LogP contribution in [-0.2, 0) is 16.1 Å². The highest BCUT2D eigenvalue weighted by Gasteiger charge is 1.97. The largest absolute Gasteiger partial charge is 0.613 e. The van der Waals surface area contributed by atoms with E-state index in [2.05, 4.69) is 10.1 Å². The van der Waals surface area contributed by atoms with Gasteiger partial charge in [0.25, 0.3) is 0 Å². The number of hydrogen-bond donors (Lipinski definition) is 1. The maximum absolute atomic E-state index is 11.3. The third-order valence-corrected chi connectivity index (χ3v) is 2.17. The van der Waals surface area contributed by atoms with Crippen LogP contribution in [0.1, 0.15) is 12.5 Å². The molecule has 0 atom stereocenters. The SMILES string of the molecule is CCO/C([O-])=C/C(=O)NCc1ccc(Cl)cc1. The summed E-state index contributed by atoms with van der Waals surface area (Å²) in [4.78, 5) is 11.3. The van der Waals surface area contributed by atoms with Crippen molar-refractivity contribution >= 4 is 17.5 Å². The molecule has 4 nitrogen and oxygen atoms in total. The summed E-state index contributed by atoms with van der Waals surface area (Å²) in [6.07, 6.45) is 0.888. The highest BCUT2D eigenvalue weighted by Crippen LogP contribution is 2.08. The van der Waals surface area contributed by atoms with Crippen molar-refractivity contribution < 1.29 is 14.6 Å². The van der Waals surface area contributed by atoms with Gasteiger partial charge in [-0.15, -0.1) is 0 Å². The van der Waals surface area contributed by atoms with Gasteiger partial charge in [-0.2, -0.15) is 0 Å². The van der Waals surface area contributed by atoms with Gasteiger partial charge in [0.05, 0.1) is 5.95 Å². The van der Waals surface area contributed by atoms with E-state index in [1.807, 2.05) is 0 Å². The minimum absolute atomic E-state index is 0.250. The van der Waals surface area contributed by atoms with Crippen molar-refractivity contribution in [3.05, 3.63) is 46.9 Å². The molecule has 92 valence electrons. The second-order valence-electron chi connectivity index (χ2n) is 3.24. The van der Waals surface area contributed by atoms with Crippen molar-refractivity contribution in [2.45, 2.75) is 13.5 Å². The van der Waals surface area contributed by atoms with Crippen LogP contribution < -0.4 is 10.4 Å². The molecule has 0 aromatic heterocycles. The molecule has 1 amide bonds. The van der Waals surface area contributed by atoms with Crippen LogP contribution in [0.5, 0.6) is 0 Å². The third-order valence-electron chi connectivity index (χ3n) is 1.92. The lowest BCUT2D eigenvalue weighted by Crippen LogP contribution is -2.23. The zero-order chi connectivity index (χ0) is 12.7. The van der Waals surface area contributed by atoms with Gasteiger partial charge in [-0.1, -0.05) is 30.7 Å². The number of carbonyl (C=O) groups excluding carboxylic acids is 1. The van der Waals surface area contributed by atoms with Crippen molar-refractivity contribution in [3.8, 4) is 0 Å². The van der Waals surface area contributed by atoms with Crippen LogP contribution >= 0.6 is 11.6 Å². The molecule has 1 N–H and O–H groups in total. The molecule has 0 unspecified atom stereocenters. The summed E-state index contributed by atoms with van der Waals surface area (Å²) < 4.78 is 4.61. The molecule has 0 radical (unpaired) electrons. The normalized spacial score (nSPS) is 11.1. The topological polar surface area (TPSA) is 61.4 Å².